The maximum Gasteiger partial charge on any atom is 0.253 e. The van der Waals surface area contributed by atoms with Gasteiger partial charge < -0.3 is 20.5 Å². The van der Waals surface area contributed by atoms with Crippen LogP contribution in [0, 0.1) is 0 Å². The summed E-state index contributed by atoms with van der Waals surface area (Å²) in [4.78, 5) is 14.0. The van der Waals surface area contributed by atoms with E-state index in [1.807, 2.05) is 6.92 Å². The van der Waals surface area contributed by atoms with E-state index < -0.39 is 0 Å². The molecule has 0 spiro atoms. The number of carbonyl (C=O) groups is 1. The molecule has 1 amide bonds. The number of ether oxygens (including phenoxy) is 1. The lowest BCUT2D eigenvalue weighted by Crippen LogP contribution is -2.27. The smallest absolute Gasteiger partial charge is 0.253 e. The first-order chi connectivity index (χ1) is 9.58. The van der Waals surface area contributed by atoms with E-state index in [9.17, 15) is 4.79 Å². The van der Waals surface area contributed by atoms with Gasteiger partial charge in [-0.2, -0.15) is 0 Å². The average Bonchev–Trinajstić information content (AvgIpc) is 2.42. The van der Waals surface area contributed by atoms with E-state index in [4.69, 9.17) is 15.6 Å². The molecule has 0 aliphatic heterocycles. The monoisotopic (exact) mass is 280 g/mol. The molecule has 0 aliphatic carbocycles. The van der Waals surface area contributed by atoms with Gasteiger partial charge >= 0.3 is 0 Å². The van der Waals surface area contributed by atoms with Gasteiger partial charge in [0.1, 0.15) is 5.75 Å². The van der Waals surface area contributed by atoms with Crippen LogP contribution in [0.15, 0.2) is 18.2 Å². The Labute approximate surface area is 120 Å². The van der Waals surface area contributed by atoms with Crippen LogP contribution in [0.2, 0.25) is 0 Å². The maximum absolute atomic E-state index is 12.3. The molecule has 0 bridgehead atoms. The Bertz CT molecular complexity index is 435. The van der Waals surface area contributed by atoms with E-state index in [-0.39, 0.29) is 12.5 Å². The van der Waals surface area contributed by atoms with E-state index in [1.54, 1.807) is 30.1 Å². The van der Waals surface area contributed by atoms with Crippen molar-refractivity contribution in [3.63, 3.8) is 0 Å². The van der Waals surface area contributed by atoms with Gasteiger partial charge in [-0.15, -0.1) is 0 Å². The van der Waals surface area contributed by atoms with Crippen LogP contribution in [0.3, 0.4) is 0 Å². The number of nitrogens with zero attached hydrogens (tertiary/aromatic N) is 1. The second-order valence-corrected chi connectivity index (χ2v) is 4.73. The highest BCUT2D eigenvalue weighted by Gasteiger charge is 2.13. The molecule has 20 heavy (non-hydrogen) atoms. The van der Waals surface area contributed by atoms with E-state index in [2.05, 4.69) is 0 Å². The van der Waals surface area contributed by atoms with Crippen molar-refractivity contribution in [3.05, 3.63) is 23.8 Å². The van der Waals surface area contributed by atoms with Gasteiger partial charge in [-0.05, 0) is 38.3 Å². The molecule has 0 aliphatic rings. The Hall–Kier alpha value is -1.75. The second-order valence-electron chi connectivity index (χ2n) is 4.73. The Morgan fingerprint density at radius 2 is 2.05 bits per heavy atom. The molecular formula is C15H24N2O3. The number of anilines is 1. The van der Waals surface area contributed by atoms with Gasteiger partial charge in [-0.3, -0.25) is 4.79 Å². The third-order valence-electron chi connectivity index (χ3n) is 2.99. The molecule has 0 aromatic heterocycles. The molecule has 1 rings (SSSR count). The van der Waals surface area contributed by atoms with E-state index >= 15 is 0 Å². The van der Waals surface area contributed by atoms with Crippen LogP contribution in [0.25, 0.3) is 0 Å². The van der Waals surface area contributed by atoms with Gasteiger partial charge in [0, 0.05) is 37.5 Å². The number of aliphatic hydroxyl groups is 1. The van der Waals surface area contributed by atoms with E-state index in [0.717, 1.165) is 19.3 Å². The molecule has 0 saturated heterocycles. The first-order valence-corrected chi connectivity index (χ1v) is 6.98. The minimum Gasteiger partial charge on any atom is -0.494 e. The summed E-state index contributed by atoms with van der Waals surface area (Å²) in [7, 11) is 1.77. The van der Waals surface area contributed by atoms with Crippen molar-refractivity contribution in [2.45, 2.75) is 26.2 Å². The molecule has 0 heterocycles. The Morgan fingerprint density at radius 3 is 2.70 bits per heavy atom. The molecule has 5 nitrogen and oxygen atoms in total. The number of benzene rings is 1. The number of unbranched alkanes of at least 4 members (excludes halogenated alkanes) is 2. The standard InChI is InChI=1S/C15H24N2O3/c1-3-20-14-10-12(9-13(16)11-14)15(19)17(2)7-5-4-6-8-18/h9-11,18H,3-8,16H2,1-2H3. The number of amides is 1. The number of hydrogen-bond acceptors (Lipinski definition) is 4. The molecule has 0 fully saturated rings. The molecule has 3 N–H and O–H groups in total. The number of carbonyl (C=O) groups excluding carboxylic acids is 1. The van der Waals surface area contributed by atoms with Crippen LogP contribution in [0.4, 0.5) is 5.69 Å². The third kappa shape index (κ3) is 5.09. The van der Waals surface area contributed by atoms with Crippen molar-refractivity contribution in [2.75, 3.05) is 32.5 Å². The van der Waals surface area contributed by atoms with E-state index in [0.29, 0.717) is 30.2 Å². The largest absolute Gasteiger partial charge is 0.494 e. The lowest BCUT2D eigenvalue weighted by Gasteiger charge is -2.18. The molecule has 1 aromatic carbocycles. The third-order valence-corrected chi connectivity index (χ3v) is 2.99. The van der Waals surface area contributed by atoms with Crippen molar-refractivity contribution in [2.24, 2.45) is 0 Å². The molecule has 0 radical (unpaired) electrons. The van der Waals surface area contributed by atoms with E-state index in [1.165, 1.54) is 0 Å². The Kier molecular flexibility index (Phi) is 6.87. The minimum absolute atomic E-state index is 0.0674. The number of aliphatic hydroxyl groups excluding tert-OH is 1. The minimum atomic E-state index is -0.0674. The molecule has 112 valence electrons. The summed E-state index contributed by atoms with van der Waals surface area (Å²) in [6, 6.07) is 5.09. The summed E-state index contributed by atoms with van der Waals surface area (Å²) in [6.07, 6.45) is 2.56. The highest BCUT2D eigenvalue weighted by molar-refractivity contribution is 5.95. The van der Waals surface area contributed by atoms with Crippen LogP contribution < -0.4 is 10.5 Å². The fraction of sp³-hybridized carbons (Fsp3) is 0.533. The predicted octanol–water partition coefficient (Wildman–Crippen LogP) is 1.90. The zero-order valence-electron chi connectivity index (χ0n) is 12.3. The molecular weight excluding hydrogens is 256 g/mol. The molecule has 5 heteroatoms. The van der Waals surface area contributed by atoms with Gasteiger partial charge in [0.25, 0.3) is 5.91 Å². The van der Waals surface area contributed by atoms with Crippen LogP contribution in [0.1, 0.15) is 36.5 Å². The first-order valence-electron chi connectivity index (χ1n) is 6.98. The fourth-order valence-corrected chi connectivity index (χ4v) is 1.96. The second kappa shape index (κ2) is 8.43. The lowest BCUT2D eigenvalue weighted by atomic mass is 10.1. The number of rotatable bonds is 8. The van der Waals surface area contributed by atoms with Gasteiger partial charge in [0.2, 0.25) is 0 Å². The molecule has 0 unspecified atom stereocenters. The number of nitrogens with two attached hydrogens (primary N) is 1. The van der Waals surface area contributed by atoms with Crippen molar-refractivity contribution < 1.29 is 14.6 Å². The average molecular weight is 280 g/mol. The molecule has 1 aromatic rings. The zero-order chi connectivity index (χ0) is 15.0. The van der Waals surface area contributed by atoms with Crippen molar-refractivity contribution in [1.29, 1.82) is 0 Å². The topological polar surface area (TPSA) is 75.8 Å². The maximum atomic E-state index is 12.3. The van der Waals surface area contributed by atoms with Crippen molar-refractivity contribution in [1.82, 2.24) is 4.90 Å². The first kappa shape index (κ1) is 16.3. The van der Waals surface area contributed by atoms with Crippen LogP contribution >= 0.6 is 0 Å². The van der Waals surface area contributed by atoms with Gasteiger partial charge in [0.15, 0.2) is 0 Å². The van der Waals surface area contributed by atoms with Crippen molar-refractivity contribution in [3.8, 4) is 5.75 Å². The predicted molar refractivity (Wildman–Crippen MR) is 79.9 cm³/mol. The van der Waals surface area contributed by atoms with Gasteiger partial charge in [-0.25, -0.2) is 0 Å². The Balaban J connectivity index is 2.65. The molecule has 0 saturated carbocycles. The highest BCUT2D eigenvalue weighted by atomic mass is 16.5. The Morgan fingerprint density at radius 1 is 1.30 bits per heavy atom. The number of nitrogen functional groups attached to an aromatic ring is 1. The summed E-state index contributed by atoms with van der Waals surface area (Å²) < 4.78 is 5.39. The van der Waals surface area contributed by atoms with Gasteiger partial charge in [-0.1, -0.05) is 0 Å². The lowest BCUT2D eigenvalue weighted by molar-refractivity contribution is 0.0791. The van der Waals surface area contributed by atoms with Crippen LogP contribution in [0.5, 0.6) is 5.75 Å². The summed E-state index contributed by atoms with van der Waals surface area (Å²) in [5, 5.41) is 8.72. The van der Waals surface area contributed by atoms with Gasteiger partial charge in [0.05, 0.1) is 6.61 Å². The van der Waals surface area contributed by atoms with Crippen LogP contribution in [-0.4, -0.2) is 42.7 Å². The fourth-order valence-electron chi connectivity index (χ4n) is 1.96. The highest BCUT2D eigenvalue weighted by Crippen LogP contribution is 2.20. The SMILES string of the molecule is CCOc1cc(N)cc(C(=O)N(C)CCCCCO)c1. The van der Waals surface area contributed by atoms with Crippen LogP contribution in [-0.2, 0) is 0 Å². The van der Waals surface area contributed by atoms with Crippen molar-refractivity contribution >= 4 is 11.6 Å². The summed E-state index contributed by atoms with van der Waals surface area (Å²) in [5.74, 6) is 0.548. The quantitative estimate of drug-likeness (QED) is 0.563. The summed E-state index contributed by atoms with van der Waals surface area (Å²) >= 11 is 0. The normalized spacial score (nSPS) is 10.3. The summed E-state index contributed by atoms with van der Waals surface area (Å²) in [6.45, 7) is 3.29. The molecule has 0 atom stereocenters. The summed E-state index contributed by atoms with van der Waals surface area (Å²) in [5.41, 5.74) is 6.85. The number of hydrogen-bond donors (Lipinski definition) is 2. The zero-order valence-corrected chi connectivity index (χ0v) is 12.3.